The summed E-state index contributed by atoms with van der Waals surface area (Å²) in [7, 11) is 0. The van der Waals surface area contributed by atoms with Crippen molar-refractivity contribution in [2.75, 3.05) is 0 Å². The predicted octanol–water partition coefficient (Wildman–Crippen LogP) is 6.55. The van der Waals surface area contributed by atoms with Crippen LogP contribution in [0.3, 0.4) is 0 Å². The van der Waals surface area contributed by atoms with Crippen molar-refractivity contribution in [3.8, 4) is 17.2 Å². The Morgan fingerprint density at radius 2 is 1.15 bits per heavy atom. The van der Waals surface area contributed by atoms with E-state index in [0.717, 1.165) is 6.42 Å². The smallest absolute Gasteiger partial charge is 0.0991 e. The molecule has 0 N–H and O–H groups in total. The lowest BCUT2D eigenvalue weighted by molar-refractivity contribution is 0.717. The predicted molar refractivity (Wildman–Crippen MR) is 109 cm³/mol. The van der Waals surface area contributed by atoms with E-state index in [1.54, 1.807) is 0 Å². The fraction of sp³-hybridized carbons (Fsp3) is 0.240. The van der Waals surface area contributed by atoms with Crippen LogP contribution in [0.25, 0.3) is 11.1 Å². The Hall–Kier alpha value is -2.85. The maximum absolute atomic E-state index is 8.88. The zero-order valence-electron chi connectivity index (χ0n) is 15.4. The highest BCUT2D eigenvalue weighted by Crippen LogP contribution is 2.22. The Balaban J connectivity index is 1.64. The van der Waals surface area contributed by atoms with Crippen LogP contribution in [0.15, 0.2) is 72.8 Å². The first-order valence-electron chi connectivity index (χ1n) is 9.46. The van der Waals surface area contributed by atoms with Gasteiger partial charge in [-0.1, -0.05) is 80.4 Å². The minimum atomic E-state index is 0.710. The van der Waals surface area contributed by atoms with Gasteiger partial charge in [-0.2, -0.15) is 5.26 Å². The van der Waals surface area contributed by atoms with Crippen LogP contribution in [-0.4, -0.2) is 0 Å². The van der Waals surface area contributed by atoms with Gasteiger partial charge in [0.25, 0.3) is 0 Å². The Kier molecular flexibility index (Phi) is 6.23. The highest BCUT2D eigenvalue weighted by Gasteiger charge is 2.01. The number of hydrogen-bond donors (Lipinski definition) is 0. The molecule has 26 heavy (non-hydrogen) atoms. The highest BCUT2D eigenvalue weighted by atomic mass is 14.2. The monoisotopic (exact) mass is 339 g/mol. The average molecular weight is 339 g/mol. The van der Waals surface area contributed by atoms with Gasteiger partial charge < -0.3 is 0 Å². The first-order chi connectivity index (χ1) is 12.8. The molecule has 0 saturated heterocycles. The van der Waals surface area contributed by atoms with Crippen LogP contribution in [0.4, 0.5) is 0 Å². The van der Waals surface area contributed by atoms with E-state index in [1.165, 1.54) is 53.5 Å². The summed E-state index contributed by atoms with van der Waals surface area (Å²) >= 11 is 0. The van der Waals surface area contributed by atoms with Gasteiger partial charge in [0.15, 0.2) is 0 Å². The molecular formula is C25H25N. The minimum Gasteiger partial charge on any atom is -0.192 e. The first-order valence-corrected chi connectivity index (χ1v) is 9.46. The summed E-state index contributed by atoms with van der Waals surface area (Å²) in [6, 6.07) is 27.8. The molecule has 3 aromatic carbocycles. The van der Waals surface area contributed by atoms with Gasteiger partial charge in [-0.3, -0.25) is 0 Å². The molecular weight excluding hydrogens is 314 g/mol. The molecule has 0 saturated carbocycles. The molecule has 0 amide bonds. The zero-order chi connectivity index (χ0) is 18.2. The van der Waals surface area contributed by atoms with E-state index >= 15 is 0 Å². The molecule has 0 aliphatic carbocycles. The average Bonchev–Trinajstić information content (AvgIpc) is 2.70. The summed E-state index contributed by atoms with van der Waals surface area (Å²) < 4.78 is 0. The minimum absolute atomic E-state index is 0.710. The fourth-order valence-electron chi connectivity index (χ4n) is 3.19. The lowest BCUT2D eigenvalue weighted by atomic mass is 9.98. The van der Waals surface area contributed by atoms with Crippen LogP contribution in [0.2, 0.25) is 0 Å². The third-order valence-electron chi connectivity index (χ3n) is 4.80. The molecule has 0 unspecified atom stereocenters. The molecule has 0 aliphatic rings. The second kappa shape index (κ2) is 9.02. The van der Waals surface area contributed by atoms with Crippen LogP contribution < -0.4 is 0 Å². The zero-order valence-corrected chi connectivity index (χ0v) is 15.4. The Morgan fingerprint density at radius 3 is 1.65 bits per heavy atom. The Bertz CT molecular complexity index is 850. The van der Waals surface area contributed by atoms with Crippen molar-refractivity contribution in [3.63, 3.8) is 0 Å². The van der Waals surface area contributed by atoms with E-state index in [0.29, 0.717) is 5.56 Å². The van der Waals surface area contributed by atoms with Gasteiger partial charge in [0, 0.05) is 0 Å². The van der Waals surface area contributed by atoms with Crippen LogP contribution in [0, 0.1) is 11.3 Å². The van der Waals surface area contributed by atoms with E-state index in [1.807, 2.05) is 24.3 Å². The number of rotatable bonds is 7. The van der Waals surface area contributed by atoms with E-state index in [4.69, 9.17) is 5.26 Å². The maximum atomic E-state index is 8.88. The van der Waals surface area contributed by atoms with Crippen LogP contribution in [0.1, 0.15) is 48.4 Å². The molecule has 0 aromatic heterocycles. The largest absolute Gasteiger partial charge is 0.192 e. The summed E-state index contributed by atoms with van der Waals surface area (Å²) in [5, 5.41) is 8.88. The molecule has 130 valence electrons. The van der Waals surface area contributed by atoms with E-state index < -0.39 is 0 Å². The van der Waals surface area contributed by atoms with Crippen molar-refractivity contribution < 1.29 is 0 Å². The second-order valence-electron chi connectivity index (χ2n) is 6.84. The molecule has 1 heteroatoms. The summed E-state index contributed by atoms with van der Waals surface area (Å²) in [6.45, 7) is 2.24. The molecule has 0 fully saturated rings. The molecule has 3 rings (SSSR count). The molecule has 0 aliphatic heterocycles. The van der Waals surface area contributed by atoms with E-state index in [2.05, 4.69) is 61.5 Å². The number of nitriles is 1. The fourth-order valence-corrected chi connectivity index (χ4v) is 3.19. The van der Waals surface area contributed by atoms with Crippen molar-refractivity contribution in [1.82, 2.24) is 0 Å². The van der Waals surface area contributed by atoms with Crippen molar-refractivity contribution in [3.05, 3.63) is 95.1 Å². The SMILES string of the molecule is CCCCCc1ccc(-c2ccc(Cc3ccc(C#N)cc3)cc2)cc1. The molecule has 3 aromatic rings. The summed E-state index contributed by atoms with van der Waals surface area (Å²) in [6.07, 6.45) is 5.93. The number of nitrogens with zero attached hydrogens (tertiary/aromatic N) is 1. The van der Waals surface area contributed by atoms with Gasteiger partial charge in [-0.15, -0.1) is 0 Å². The van der Waals surface area contributed by atoms with E-state index in [-0.39, 0.29) is 0 Å². The standard InChI is InChI=1S/C25H25N/c1-2-3-4-5-20-10-14-24(15-11-20)25-16-12-22(13-17-25)18-21-6-8-23(19-26)9-7-21/h6-17H,2-5,18H2,1H3. The lowest BCUT2D eigenvalue weighted by Gasteiger charge is -2.07. The Morgan fingerprint density at radius 1 is 0.654 bits per heavy atom. The van der Waals surface area contributed by atoms with Gasteiger partial charge in [0.1, 0.15) is 0 Å². The molecule has 1 nitrogen and oxygen atoms in total. The Labute approximate surface area is 156 Å². The van der Waals surface area contributed by atoms with Crippen LogP contribution >= 0.6 is 0 Å². The summed E-state index contributed by atoms with van der Waals surface area (Å²) in [5.41, 5.74) is 7.19. The highest BCUT2D eigenvalue weighted by molar-refractivity contribution is 5.64. The van der Waals surface area contributed by atoms with Gasteiger partial charge in [-0.25, -0.2) is 0 Å². The molecule has 0 radical (unpaired) electrons. The normalized spacial score (nSPS) is 10.5. The molecule has 0 heterocycles. The molecule has 0 spiro atoms. The number of benzene rings is 3. The van der Waals surface area contributed by atoms with Gasteiger partial charge in [-0.05, 0) is 59.2 Å². The third-order valence-corrected chi connectivity index (χ3v) is 4.80. The molecule has 0 atom stereocenters. The maximum Gasteiger partial charge on any atom is 0.0991 e. The third kappa shape index (κ3) is 4.83. The van der Waals surface area contributed by atoms with Crippen molar-refractivity contribution in [2.45, 2.75) is 39.0 Å². The van der Waals surface area contributed by atoms with Crippen LogP contribution in [0.5, 0.6) is 0 Å². The second-order valence-corrected chi connectivity index (χ2v) is 6.84. The van der Waals surface area contributed by atoms with Gasteiger partial charge in [0.05, 0.1) is 11.6 Å². The number of aryl methyl sites for hydroxylation is 1. The van der Waals surface area contributed by atoms with Gasteiger partial charge in [0.2, 0.25) is 0 Å². The summed E-state index contributed by atoms with van der Waals surface area (Å²) in [5.74, 6) is 0. The van der Waals surface area contributed by atoms with Gasteiger partial charge >= 0.3 is 0 Å². The van der Waals surface area contributed by atoms with E-state index in [9.17, 15) is 0 Å². The summed E-state index contributed by atoms with van der Waals surface area (Å²) in [4.78, 5) is 0. The topological polar surface area (TPSA) is 23.8 Å². The first kappa shape index (κ1) is 18.0. The lowest BCUT2D eigenvalue weighted by Crippen LogP contribution is -1.89. The molecule has 0 bridgehead atoms. The van der Waals surface area contributed by atoms with Crippen LogP contribution in [-0.2, 0) is 12.8 Å². The van der Waals surface area contributed by atoms with Crippen molar-refractivity contribution in [2.24, 2.45) is 0 Å². The van der Waals surface area contributed by atoms with Crippen molar-refractivity contribution >= 4 is 0 Å². The number of hydrogen-bond acceptors (Lipinski definition) is 1. The quantitative estimate of drug-likeness (QED) is 0.448. The number of unbranched alkanes of at least 4 members (excludes halogenated alkanes) is 2. The van der Waals surface area contributed by atoms with Crippen molar-refractivity contribution in [1.29, 1.82) is 5.26 Å².